The maximum atomic E-state index is 5.58. The van der Waals surface area contributed by atoms with Crippen LogP contribution in [0.5, 0.6) is 5.75 Å². The van der Waals surface area contributed by atoms with Crippen molar-refractivity contribution in [3.63, 3.8) is 0 Å². The van der Waals surface area contributed by atoms with Crippen LogP contribution in [0.1, 0.15) is 20.8 Å². The molecule has 1 heterocycles. The first kappa shape index (κ1) is 18.3. The third kappa shape index (κ3) is 3.85. The van der Waals surface area contributed by atoms with Gasteiger partial charge in [-0.3, -0.25) is 0 Å². The number of fused-ring (bicyclic) bond motifs is 1. The van der Waals surface area contributed by atoms with Crippen LogP contribution in [-0.2, 0) is 7.05 Å². The summed E-state index contributed by atoms with van der Waals surface area (Å²) in [7, 11) is 2.01. The molecule has 0 unspecified atom stereocenters. The van der Waals surface area contributed by atoms with Gasteiger partial charge in [0.1, 0.15) is 17.0 Å². The summed E-state index contributed by atoms with van der Waals surface area (Å²) >= 11 is 1.61. The lowest BCUT2D eigenvalue weighted by Crippen LogP contribution is -2.25. The van der Waals surface area contributed by atoms with Gasteiger partial charge in [0.25, 0.3) is 0 Å². The maximum absolute atomic E-state index is 5.58. The Hall–Kier alpha value is -2.47. The lowest BCUT2D eigenvalue weighted by molar-refractivity contribution is -0.627. The number of thiazole rings is 1. The molecule has 1 aromatic heterocycles. The zero-order valence-corrected chi connectivity index (χ0v) is 16.6. The predicted molar refractivity (Wildman–Crippen MR) is 108 cm³/mol. The van der Waals surface area contributed by atoms with Crippen LogP contribution in [0.25, 0.3) is 10.2 Å². The standard InChI is InChI=1S/C20H25N4OS/c1-5-24(6-2)16-10-8-15(9-11-16)21-22-20-23(4)18-13-12-17(25-7-3)14-19(18)26-20/h8-14H,5-7H2,1-4H3/q+1. The molecule has 0 saturated carbocycles. The number of hydrogen-bond acceptors (Lipinski definition) is 5. The quantitative estimate of drug-likeness (QED) is 0.414. The summed E-state index contributed by atoms with van der Waals surface area (Å²) in [4.78, 5) is 2.31. The molecule has 0 atom stereocenters. The third-order valence-electron chi connectivity index (χ3n) is 4.32. The lowest BCUT2D eigenvalue weighted by atomic mass is 10.2. The first-order chi connectivity index (χ1) is 12.7. The number of anilines is 1. The van der Waals surface area contributed by atoms with Gasteiger partial charge < -0.3 is 9.64 Å². The Balaban J connectivity index is 1.82. The zero-order chi connectivity index (χ0) is 18.5. The largest absolute Gasteiger partial charge is 0.494 e. The van der Waals surface area contributed by atoms with Gasteiger partial charge >= 0.3 is 5.13 Å². The highest BCUT2D eigenvalue weighted by Crippen LogP contribution is 2.30. The molecule has 0 amide bonds. The van der Waals surface area contributed by atoms with E-state index in [2.05, 4.69) is 57.8 Å². The van der Waals surface area contributed by atoms with Crippen LogP contribution in [0.3, 0.4) is 0 Å². The summed E-state index contributed by atoms with van der Waals surface area (Å²) in [5.74, 6) is 0.886. The second-order valence-electron chi connectivity index (χ2n) is 5.89. The van der Waals surface area contributed by atoms with Gasteiger partial charge in [0.05, 0.1) is 23.5 Å². The van der Waals surface area contributed by atoms with E-state index in [9.17, 15) is 0 Å². The van der Waals surface area contributed by atoms with Crippen molar-refractivity contribution in [2.75, 3.05) is 24.6 Å². The van der Waals surface area contributed by atoms with Crippen molar-refractivity contribution >= 4 is 38.1 Å². The van der Waals surface area contributed by atoms with Gasteiger partial charge in [0.2, 0.25) is 0 Å². The van der Waals surface area contributed by atoms with Crippen LogP contribution < -0.4 is 14.2 Å². The minimum atomic E-state index is 0.666. The number of nitrogens with zero attached hydrogens (tertiary/aromatic N) is 4. The third-order valence-corrected chi connectivity index (χ3v) is 5.41. The Kier molecular flexibility index (Phi) is 5.83. The Morgan fingerprint density at radius 1 is 1.00 bits per heavy atom. The van der Waals surface area contributed by atoms with Gasteiger partial charge in [-0.05, 0) is 73.6 Å². The molecule has 3 rings (SSSR count). The van der Waals surface area contributed by atoms with E-state index in [4.69, 9.17) is 4.74 Å². The summed E-state index contributed by atoms with van der Waals surface area (Å²) in [6.07, 6.45) is 0. The van der Waals surface area contributed by atoms with E-state index in [-0.39, 0.29) is 0 Å². The minimum Gasteiger partial charge on any atom is -0.494 e. The van der Waals surface area contributed by atoms with E-state index in [1.54, 1.807) is 11.3 Å². The first-order valence-electron chi connectivity index (χ1n) is 8.98. The van der Waals surface area contributed by atoms with Gasteiger partial charge in [-0.25, -0.2) is 4.57 Å². The van der Waals surface area contributed by atoms with Crippen molar-refractivity contribution in [1.82, 2.24) is 0 Å². The lowest BCUT2D eigenvalue weighted by Gasteiger charge is -2.20. The normalized spacial score (nSPS) is 11.4. The molecule has 0 aliphatic rings. The van der Waals surface area contributed by atoms with Crippen molar-refractivity contribution < 1.29 is 9.30 Å². The average molecular weight is 370 g/mol. The van der Waals surface area contributed by atoms with Gasteiger partial charge in [0.15, 0.2) is 0 Å². The van der Waals surface area contributed by atoms with E-state index in [1.807, 2.05) is 32.2 Å². The maximum Gasteiger partial charge on any atom is 0.409 e. The molecular formula is C20H25N4OS+. The van der Waals surface area contributed by atoms with Gasteiger partial charge in [0, 0.05) is 24.8 Å². The molecule has 136 valence electrons. The topological polar surface area (TPSA) is 41.1 Å². The van der Waals surface area contributed by atoms with Gasteiger partial charge in [-0.15, -0.1) is 0 Å². The molecule has 0 aliphatic heterocycles. The number of ether oxygens (including phenoxy) is 1. The summed E-state index contributed by atoms with van der Waals surface area (Å²) < 4.78 is 8.78. The van der Waals surface area contributed by atoms with Crippen LogP contribution in [-0.4, -0.2) is 19.7 Å². The minimum absolute atomic E-state index is 0.666. The molecule has 5 nitrogen and oxygen atoms in total. The van der Waals surface area contributed by atoms with E-state index < -0.39 is 0 Å². The molecule has 0 aliphatic carbocycles. The molecular weight excluding hydrogens is 344 g/mol. The highest BCUT2D eigenvalue weighted by molar-refractivity contribution is 7.21. The number of aromatic nitrogens is 1. The zero-order valence-electron chi connectivity index (χ0n) is 15.8. The first-order valence-corrected chi connectivity index (χ1v) is 9.80. The smallest absolute Gasteiger partial charge is 0.409 e. The highest BCUT2D eigenvalue weighted by Gasteiger charge is 2.16. The van der Waals surface area contributed by atoms with Gasteiger partial charge in [-0.2, -0.15) is 0 Å². The average Bonchev–Trinajstić information content (AvgIpc) is 2.97. The van der Waals surface area contributed by atoms with Crippen LogP contribution in [0, 0.1) is 0 Å². The fourth-order valence-corrected chi connectivity index (χ4v) is 3.88. The van der Waals surface area contributed by atoms with Crippen LogP contribution in [0.4, 0.5) is 16.5 Å². The number of rotatable bonds is 7. The van der Waals surface area contributed by atoms with E-state index in [1.165, 1.54) is 5.69 Å². The molecule has 3 aromatic rings. The molecule has 0 fully saturated rings. The summed E-state index contributed by atoms with van der Waals surface area (Å²) in [5.41, 5.74) is 3.20. The van der Waals surface area contributed by atoms with Crippen molar-refractivity contribution in [3.05, 3.63) is 42.5 Å². The van der Waals surface area contributed by atoms with Crippen molar-refractivity contribution in [3.8, 4) is 5.75 Å². The Bertz CT molecular complexity index is 898. The number of benzene rings is 2. The van der Waals surface area contributed by atoms with Gasteiger partial charge in [-0.1, -0.05) is 0 Å². The fourth-order valence-electron chi connectivity index (χ4n) is 2.89. The summed E-state index contributed by atoms with van der Waals surface area (Å²) in [6, 6.07) is 14.3. The van der Waals surface area contributed by atoms with Crippen LogP contribution >= 0.6 is 11.3 Å². The molecule has 6 heteroatoms. The monoisotopic (exact) mass is 369 g/mol. The molecule has 0 bridgehead atoms. The van der Waals surface area contributed by atoms with E-state index in [0.29, 0.717) is 6.61 Å². The van der Waals surface area contributed by atoms with Crippen molar-refractivity contribution in [1.29, 1.82) is 0 Å². The van der Waals surface area contributed by atoms with E-state index in [0.717, 1.165) is 39.9 Å². The SMILES string of the molecule is CCOc1ccc2c(c1)sc(N=Nc1ccc(N(CC)CC)cc1)[n+]2C. The van der Waals surface area contributed by atoms with Crippen LogP contribution in [0.2, 0.25) is 0 Å². The highest BCUT2D eigenvalue weighted by atomic mass is 32.1. The molecule has 26 heavy (non-hydrogen) atoms. The van der Waals surface area contributed by atoms with Crippen LogP contribution in [0.15, 0.2) is 52.7 Å². The molecule has 0 saturated heterocycles. The Labute approximate surface area is 158 Å². The Morgan fingerprint density at radius 2 is 1.73 bits per heavy atom. The molecule has 0 N–H and O–H groups in total. The summed E-state index contributed by atoms with van der Waals surface area (Å²) in [6.45, 7) is 8.98. The second kappa shape index (κ2) is 8.27. The number of aryl methyl sites for hydroxylation is 1. The number of hydrogen-bond donors (Lipinski definition) is 0. The molecule has 0 radical (unpaired) electrons. The number of azo groups is 1. The van der Waals surface area contributed by atoms with E-state index >= 15 is 0 Å². The Morgan fingerprint density at radius 3 is 2.38 bits per heavy atom. The predicted octanol–water partition coefficient (Wildman–Crippen LogP) is 5.39. The van der Waals surface area contributed by atoms with Crippen molar-refractivity contribution in [2.24, 2.45) is 17.3 Å². The molecule has 2 aromatic carbocycles. The second-order valence-corrected chi connectivity index (χ2v) is 6.90. The fraction of sp³-hybridized carbons (Fsp3) is 0.350. The van der Waals surface area contributed by atoms with Crippen molar-refractivity contribution in [2.45, 2.75) is 20.8 Å². The molecule has 0 spiro atoms. The summed E-state index contributed by atoms with van der Waals surface area (Å²) in [5, 5.41) is 9.73.